The predicted octanol–water partition coefficient (Wildman–Crippen LogP) is 4.91. The highest BCUT2D eigenvalue weighted by molar-refractivity contribution is 5.93. The van der Waals surface area contributed by atoms with E-state index in [0.29, 0.717) is 58.3 Å². The molecule has 0 aliphatic carbocycles. The Labute approximate surface area is 391 Å². The van der Waals surface area contributed by atoms with Crippen LogP contribution >= 0.6 is 0 Å². The van der Waals surface area contributed by atoms with E-state index in [4.69, 9.17) is 33.7 Å². The van der Waals surface area contributed by atoms with Gasteiger partial charge in [0.25, 0.3) is 0 Å². The number of aliphatic hydroxyl groups is 6. The summed E-state index contributed by atoms with van der Waals surface area (Å²) in [5, 5.41) is 62.8. The maximum Gasteiger partial charge on any atom is 0.220 e. The molecule has 7 heterocycles. The molecular formula is C50H71N5O12. The smallest absolute Gasteiger partial charge is 0.220 e. The molecule has 9 N–H and O–H groups in total. The van der Waals surface area contributed by atoms with Crippen molar-refractivity contribution in [3.63, 3.8) is 0 Å². The average molecular weight is 934 g/mol. The minimum absolute atomic E-state index is 0.0123. The molecule has 3 aromatic heterocycles. The Hall–Kier alpha value is -4.11. The molecule has 4 aliphatic heterocycles. The summed E-state index contributed by atoms with van der Waals surface area (Å²) in [5.41, 5.74) is 13.6. The first-order valence-corrected chi connectivity index (χ1v) is 23.9. The highest BCUT2D eigenvalue weighted by Crippen LogP contribution is 2.42. The summed E-state index contributed by atoms with van der Waals surface area (Å²) in [6, 6.07) is 8.50. The lowest BCUT2D eigenvalue weighted by molar-refractivity contribution is -0.301. The fraction of sp³-hybridized carbons (Fsp3) is 0.620. The number of aromatic amines is 2. The number of nitrogens with zero attached hydrogens (tertiary/aromatic N) is 2. The fourth-order valence-corrected chi connectivity index (χ4v) is 9.80. The van der Waals surface area contributed by atoms with E-state index in [-0.39, 0.29) is 37.1 Å². The second-order valence-corrected chi connectivity index (χ2v) is 18.5. The van der Waals surface area contributed by atoms with Crippen molar-refractivity contribution >= 4 is 39.1 Å². The minimum atomic E-state index is -1.52. The third-order valence-corrected chi connectivity index (χ3v) is 13.8. The van der Waals surface area contributed by atoms with Crippen LogP contribution in [0.1, 0.15) is 136 Å². The molecule has 2 fully saturated rings. The minimum Gasteiger partial charge on any atom is -0.394 e. The largest absolute Gasteiger partial charge is 0.394 e. The number of hydrogen-bond donors (Lipinski definition) is 9. The van der Waals surface area contributed by atoms with E-state index in [2.05, 4.69) is 81.1 Å². The molecule has 1 unspecified atom stereocenters. The number of amides is 1. The number of H-pyrrole nitrogens is 2. The van der Waals surface area contributed by atoms with Crippen LogP contribution < -0.4 is 5.32 Å². The van der Waals surface area contributed by atoms with Crippen LogP contribution in [0.25, 0.3) is 33.2 Å². The summed E-state index contributed by atoms with van der Waals surface area (Å²) < 4.78 is 29.1. The van der Waals surface area contributed by atoms with Crippen molar-refractivity contribution in [2.45, 2.75) is 161 Å². The lowest BCUT2D eigenvalue weighted by atomic mass is 9.86. The van der Waals surface area contributed by atoms with Gasteiger partial charge in [-0.25, -0.2) is 4.98 Å². The van der Waals surface area contributed by atoms with E-state index in [0.717, 1.165) is 79.1 Å². The van der Waals surface area contributed by atoms with Crippen LogP contribution in [0.2, 0.25) is 0 Å². The van der Waals surface area contributed by atoms with Crippen molar-refractivity contribution in [3.05, 3.63) is 69.3 Å². The molecule has 8 bridgehead atoms. The van der Waals surface area contributed by atoms with Crippen LogP contribution in [0.4, 0.5) is 0 Å². The molecule has 2 saturated heterocycles. The van der Waals surface area contributed by atoms with Crippen LogP contribution in [-0.2, 0) is 28.5 Å². The van der Waals surface area contributed by atoms with Gasteiger partial charge in [0.2, 0.25) is 5.91 Å². The summed E-state index contributed by atoms with van der Waals surface area (Å²) in [6.07, 6.45) is -5.24. The highest BCUT2D eigenvalue weighted by atomic mass is 16.7. The monoisotopic (exact) mass is 934 g/mol. The van der Waals surface area contributed by atoms with Gasteiger partial charge in [0, 0.05) is 83.3 Å². The number of hydrogen-bond acceptors (Lipinski definition) is 14. The first kappa shape index (κ1) is 50.8. The predicted molar refractivity (Wildman–Crippen MR) is 252 cm³/mol. The molecule has 17 nitrogen and oxygen atoms in total. The second kappa shape index (κ2) is 22.5. The molecule has 3 aromatic rings. The summed E-state index contributed by atoms with van der Waals surface area (Å²) in [5.74, 6) is -0.107. The van der Waals surface area contributed by atoms with Crippen LogP contribution in [0, 0.1) is 20.8 Å². The van der Waals surface area contributed by atoms with Gasteiger partial charge in [-0.3, -0.25) is 9.78 Å². The summed E-state index contributed by atoms with van der Waals surface area (Å²) in [7, 11) is 0. The van der Waals surface area contributed by atoms with E-state index in [1.807, 2.05) is 6.92 Å². The lowest BCUT2D eigenvalue weighted by Crippen LogP contribution is -2.59. The van der Waals surface area contributed by atoms with Gasteiger partial charge in [-0.1, -0.05) is 13.8 Å². The fourth-order valence-electron chi connectivity index (χ4n) is 9.80. The first-order valence-electron chi connectivity index (χ1n) is 23.9. The van der Waals surface area contributed by atoms with Gasteiger partial charge in [-0.2, -0.15) is 0 Å². The van der Waals surface area contributed by atoms with Crippen LogP contribution in [0.5, 0.6) is 0 Å². The van der Waals surface area contributed by atoms with E-state index in [1.54, 1.807) is 0 Å². The van der Waals surface area contributed by atoms with Crippen molar-refractivity contribution in [1.82, 2.24) is 25.3 Å². The zero-order valence-corrected chi connectivity index (χ0v) is 39.9. The molecule has 17 heteroatoms. The number of aromatic nitrogens is 4. The number of aryl methyl sites for hydroxylation is 3. The Kier molecular flexibility index (Phi) is 17.1. The van der Waals surface area contributed by atoms with Crippen molar-refractivity contribution < 1.29 is 59.1 Å². The normalized spacial score (nSPS) is 27.1. The Morgan fingerprint density at radius 1 is 0.836 bits per heavy atom. The third-order valence-electron chi connectivity index (χ3n) is 13.8. The quantitative estimate of drug-likeness (QED) is 0.0769. The molecule has 0 radical (unpaired) electrons. The standard InChI is InChI=1S/C50H71N5O12/c1-8-33-26(3)37-22-41-45(30(7)63-15-10-16-65-50-49(62)48(61)47(60)42(24-57)67-50)28(5)39(54-41)21-38-27(4)34(46(55-38)29(6)36-17-25(2)35(52-36)20-40(33)53-37)11-12-43(59)51-13-9-14-64-44-19-31(58)18-32(23-56)66-44/h17,20-22,27,30-32,34,42,44,47-50,52,54,56-58,60-62H,8-16,18-19,23-24H2,1-7H3,(H,51,59)/t27-,30?,31-,32-,34-,42+,44+,47+,48-,49+,50+/m0/s1. The van der Waals surface area contributed by atoms with Crippen molar-refractivity contribution in [1.29, 1.82) is 0 Å². The maximum absolute atomic E-state index is 13.3. The van der Waals surface area contributed by atoms with Crippen LogP contribution in [0.15, 0.2) is 24.3 Å². The molecule has 368 valence electrons. The first-order chi connectivity index (χ1) is 32.1. The number of aliphatic hydroxyl groups excluding tert-OH is 6. The Bertz CT molecular complexity index is 2400. The number of carbonyl (C=O) groups is 1. The lowest BCUT2D eigenvalue weighted by Gasteiger charge is -2.39. The van der Waals surface area contributed by atoms with Crippen LogP contribution in [-0.4, -0.2) is 145 Å². The summed E-state index contributed by atoms with van der Waals surface area (Å²) in [6.45, 7) is 15.2. The molecule has 1 amide bonds. The van der Waals surface area contributed by atoms with Gasteiger partial charge in [0.1, 0.15) is 24.4 Å². The van der Waals surface area contributed by atoms with Crippen molar-refractivity contribution in [3.8, 4) is 0 Å². The molecule has 7 rings (SSSR count). The Morgan fingerprint density at radius 2 is 1.57 bits per heavy atom. The molecule has 4 aliphatic rings. The van der Waals surface area contributed by atoms with Crippen molar-refractivity contribution in [2.75, 3.05) is 39.6 Å². The molecule has 67 heavy (non-hydrogen) atoms. The second-order valence-electron chi connectivity index (χ2n) is 18.5. The highest BCUT2D eigenvalue weighted by Gasteiger charge is 2.44. The van der Waals surface area contributed by atoms with Gasteiger partial charge in [-0.05, 0) is 112 Å². The van der Waals surface area contributed by atoms with Crippen LogP contribution in [0.3, 0.4) is 0 Å². The Balaban J connectivity index is 1.13. The Morgan fingerprint density at radius 3 is 2.31 bits per heavy atom. The number of ether oxygens (including phenoxy) is 5. The summed E-state index contributed by atoms with van der Waals surface area (Å²) >= 11 is 0. The van der Waals surface area contributed by atoms with E-state index >= 15 is 0 Å². The van der Waals surface area contributed by atoms with Gasteiger partial charge in [-0.15, -0.1) is 0 Å². The number of carbonyl (C=O) groups excluding carboxylic acids is 1. The van der Waals surface area contributed by atoms with E-state index < -0.39 is 55.8 Å². The molecule has 0 spiro atoms. The van der Waals surface area contributed by atoms with Crippen molar-refractivity contribution in [2.24, 2.45) is 0 Å². The third kappa shape index (κ3) is 11.5. The number of allylic oxidation sites excluding steroid dienone is 2. The zero-order chi connectivity index (χ0) is 48.1. The maximum atomic E-state index is 13.3. The zero-order valence-electron chi connectivity index (χ0n) is 39.9. The van der Waals surface area contributed by atoms with Gasteiger partial charge in [0.15, 0.2) is 12.6 Å². The number of fused-ring (bicyclic) bond motifs is 8. The topological polar surface area (TPSA) is 254 Å². The molecule has 0 aromatic carbocycles. The molecule has 0 saturated carbocycles. The summed E-state index contributed by atoms with van der Waals surface area (Å²) in [4.78, 5) is 31.2. The van der Waals surface area contributed by atoms with Gasteiger partial charge in [0.05, 0.1) is 56.1 Å². The number of rotatable bonds is 18. The molecular weight excluding hydrogens is 863 g/mol. The molecule has 11 atom stereocenters. The van der Waals surface area contributed by atoms with Gasteiger partial charge >= 0.3 is 0 Å². The SMILES string of the molecule is CCC1=C(C)c2cc3[nH]c(cc4nc(c(C)c5cc(C)c(cc1n2)[nH]5)[C@@H](CCC(=O)NCCCO[C@H]1C[C@@H](O)C[C@@H](CO)O1)[C@@H]4C)c(C)c3C(C)OCCCO[C@@H]1O[C@H](CO)[C@@H](O)[C@H](O)[C@H]1O. The van der Waals surface area contributed by atoms with E-state index in [1.165, 1.54) is 5.57 Å². The number of nitrogens with one attached hydrogen (secondary N) is 3. The van der Waals surface area contributed by atoms with Gasteiger partial charge < -0.3 is 69.6 Å². The van der Waals surface area contributed by atoms with E-state index in [9.17, 15) is 35.4 Å². The average Bonchev–Trinajstić information content (AvgIpc) is 4.02.